The molecule has 0 atom stereocenters. The van der Waals surface area contributed by atoms with E-state index in [1.54, 1.807) is 0 Å². The molecule has 6 rings (SSSR count). The van der Waals surface area contributed by atoms with E-state index >= 15 is 0 Å². The van der Waals surface area contributed by atoms with Gasteiger partial charge in [-0.3, -0.25) is 0 Å². The minimum Gasteiger partial charge on any atom is -0.208 e. The maximum Gasteiger partial charge on any atom is 0.164 e. The van der Waals surface area contributed by atoms with Crippen LogP contribution in [0.25, 0.3) is 56.4 Å². The number of hydrogen-bond donors (Lipinski definition) is 0. The van der Waals surface area contributed by atoms with Crippen molar-refractivity contribution in [3.63, 3.8) is 0 Å². The van der Waals surface area contributed by atoms with E-state index in [2.05, 4.69) is 54.6 Å². The molecule has 1 aromatic heterocycles. The summed E-state index contributed by atoms with van der Waals surface area (Å²) in [5.74, 6) is 1.92. The summed E-state index contributed by atoms with van der Waals surface area (Å²) in [6.45, 7) is 0. The Morgan fingerprint density at radius 1 is 0.324 bits per heavy atom. The number of halogens is 1. The van der Waals surface area contributed by atoms with Gasteiger partial charge in [0.05, 0.1) is 0 Å². The van der Waals surface area contributed by atoms with Gasteiger partial charge in [-0.2, -0.15) is 0 Å². The first-order valence-electron chi connectivity index (χ1n) is 12.1. The van der Waals surface area contributed by atoms with Gasteiger partial charge in [-0.1, -0.05) is 133 Å². The van der Waals surface area contributed by atoms with Crippen LogP contribution in [0, 0.1) is 0 Å². The van der Waals surface area contributed by atoms with Gasteiger partial charge in [0.25, 0.3) is 0 Å². The van der Waals surface area contributed by atoms with Crippen LogP contribution in [0.2, 0.25) is 5.02 Å². The van der Waals surface area contributed by atoms with Crippen LogP contribution in [0.15, 0.2) is 133 Å². The molecule has 176 valence electrons. The average Bonchev–Trinajstić information content (AvgIpc) is 2.98. The van der Waals surface area contributed by atoms with Gasteiger partial charge in [0.2, 0.25) is 0 Å². The fourth-order valence-electron chi connectivity index (χ4n) is 4.27. The van der Waals surface area contributed by atoms with Crippen molar-refractivity contribution >= 4 is 11.6 Å². The highest BCUT2D eigenvalue weighted by Crippen LogP contribution is 2.29. The Morgan fingerprint density at radius 3 is 1.16 bits per heavy atom. The Morgan fingerprint density at radius 2 is 0.676 bits per heavy atom. The van der Waals surface area contributed by atoms with E-state index in [-0.39, 0.29) is 0 Å². The lowest BCUT2D eigenvalue weighted by molar-refractivity contribution is 1.07. The summed E-state index contributed by atoms with van der Waals surface area (Å²) in [4.78, 5) is 14.6. The van der Waals surface area contributed by atoms with E-state index in [9.17, 15) is 0 Å². The van der Waals surface area contributed by atoms with E-state index in [1.807, 2.05) is 78.9 Å². The monoisotopic (exact) mass is 495 g/mol. The van der Waals surface area contributed by atoms with E-state index in [0.717, 1.165) is 38.4 Å². The molecule has 4 heteroatoms. The SMILES string of the molecule is Clc1cccc(-c2ccc(-c3nc(-c4ccccc4)nc(-c4ccc(-c5ccccc5)cc4)n3)cc2)c1. The maximum absolute atomic E-state index is 6.19. The van der Waals surface area contributed by atoms with Crippen molar-refractivity contribution in [2.45, 2.75) is 0 Å². The molecule has 37 heavy (non-hydrogen) atoms. The minimum atomic E-state index is 0.633. The Bertz CT molecular complexity index is 1650. The zero-order chi connectivity index (χ0) is 25.0. The van der Waals surface area contributed by atoms with Crippen LogP contribution in [0.3, 0.4) is 0 Å². The van der Waals surface area contributed by atoms with Crippen LogP contribution in [-0.2, 0) is 0 Å². The first-order chi connectivity index (χ1) is 18.2. The second-order valence-corrected chi connectivity index (χ2v) is 9.14. The summed E-state index contributed by atoms with van der Waals surface area (Å²) < 4.78 is 0. The second-order valence-electron chi connectivity index (χ2n) is 8.70. The molecule has 0 aliphatic carbocycles. The lowest BCUT2D eigenvalue weighted by atomic mass is 10.0. The van der Waals surface area contributed by atoms with E-state index in [4.69, 9.17) is 26.6 Å². The Balaban J connectivity index is 1.41. The van der Waals surface area contributed by atoms with Crippen molar-refractivity contribution in [1.29, 1.82) is 0 Å². The molecule has 0 N–H and O–H groups in total. The molecule has 0 aliphatic rings. The molecule has 3 nitrogen and oxygen atoms in total. The molecule has 0 fully saturated rings. The summed E-state index contributed by atoms with van der Waals surface area (Å²) in [5, 5.41) is 0.717. The lowest BCUT2D eigenvalue weighted by Crippen LogP contribution is -2.00. The van der Waals surface area contributed by atoms with Crippen molar-refractivity contribution in [2.24, 2.45) is 0 Å². The van der Waals surface area contributed by atoms with Crippen LogP contribution < -0.4 is 0 Å². The first-order valence-corrected chi connectivity index (χ1v) is 12.4. The van der Waals surface area contributed by atoms with Gasteiger partial charge >= 0.3 is 0 Å². The Hall–Kier alpha value is -4.60. The number of aromatic nitrogens is 3. The molecule has 0 saturated heterocycles. The molecule has 1 heterocycles. The highest BCUT2D eigenvalue weighted by Gasteiger charge is 2.13. The standard InChI is InChI=1S/C33H22ClN3/c34-30-13-7-12-29(22-30)25-16-20-28(21-17-25)33-36-31(26-10-5-2-6-11-26)35-32(37-33)27-18-14-24(15-19-27)23-8-3-1-4-9-23/h1-22H. The number of rotatable bonds is 5. The maximum atomic E-state index is 6.19. The molecule has 0 spiro atoms. The van der Waals surface area contributed by atoms with Crippen LogP contribution >= 0.6 is 11.6 Å². The normalized spacial score (nSPS) is 10.8. The van der Waals surface area contributed by atoms with Crippen molar-refractivity contribution in [2.75, 3.05) is 0 Å². The van der Waals surface area contributed by atoms with Gasteiger partial charge in [-0.25, -0.2) is 15.0 Å². The molecule has 0 radical (unpaired) electrons. The van der Waals surface area contributed by atoms with Gasteiger partial charge in [-0.15, -0.1) is 0 Å². The Labute approximate surface area is 221 Å². The number of nitrogens with zero attached hydrogens (tertiary/aromatic N) is 3. The Kier molecular flexibility index (Phi) is 6.28. The minimum absolute atomic E-state index is 0.633. The predicted molar refractivity (Wildman–Crippen MR) is 152 cm³/mol. The molecule has 0 bridgehead atoms. The van der Waals surface area contributed by atoms with Gasteiger partial charge in [0.15, 0.2) is 17.5 Å². The first kappa shape index (κ1) is 22.8. The topological polar surface area (TPSA) is 38.7 Å². The predicted octanol–water partition coefficient (Wildman–Crippen LogP) is 8.86. The third kappa shape index (κ3) is 5.04. The smallest absolute Gasteiger partial charge is 0.164 e. The van der Waals surface area contributed by atoms with Crippen LogP contribution in [0.5, 0.6) is 0 Å². The largest absolute Gasteiger partial charge is 0.208 e. The zero-order valence-corrected chi connectivity index (χ0v) is 20.7. The molecular formula is C33H22ClN3. The second kappa shape index (κ2) is 10.2. The molecule has 6 aromatic rings. The quantitative estimate of drug-likeness (QED) is 0.240. The van der Waals surface area contributed by atoms with E-state index < -0.39 is 0 Å². The van der Waals surface area contributed by atoms with Gasteiger partial charge in [0.1, 0.15) is 0 Å². The van der Waals surface area contributed by atoms with Gasteiger partial charge < -0.3 is 0 Å². The van der Waals surface area contributed by atoms with Crippen LogP contribution in [0.1, 0.15) is 0 Å². The third-order valence-corrected chi connectivity index (χ3v) is 6.45. The highest BCUT2D eigenvalue weighted by atomic mass is 35.5. The summed E-state index contributed by atoms with van der Waals surface area (Å²) in [6.07, 6.45) is 0. The highest BCUT2D eigenvalue weighted by molar-refractivity contribution is 6.30. The van der Waals surface area contributed by atoms with Crippen molar-refractivity contribution < 1.29 is 0 Å². The van der Waals surface area contributed by atoms with E-state index in [1.165, 1.54) is 5.56 Å². The molecular weight excluding hydrogens is 474 g/mol. The van der Waals surface area contributed by atoms with Gasteiger partial charge in [0, 0.05) is 21.7 Å². The fraction of sp³-hybridized carbons (Fsp3) is 0. The average molecular weight is 496 g/mol. The van der Waals surface area contributed by atoms with E-state index in [0.29, 0.717) is 17.5 Å². The summed E-state index contributed by atoms with van der Waals surface area (Å²) >= 11 is 6.19. The molecule has 5 aromatic carbocycles. The van der Waals surface area contributed by atoms with Gasteiger partial charge in [-0.05, 0) is 34.4 Å². The third-order valence-electron chi connectivity index (χ3n) is 6.22. The van der Waals surface area contributed by atoms with Crippen molar-refractivity contribution in [3.8, 4) is 56.4 Å². The summed E-state index contributed by atoms with van der Waals surface area (Å²) in [5.41, 5.74) is 7.29. The number of hydrogen-bond acceptors (Lipinski definition) is 3. The lowest BCUT2D eigenvalue weighted by Gasteiger charge is -2.10. The zero-order valence-electron chi connectivity index (χ0n) is 19.9. The molecule has 0 unspecified atom stereocenters. The molecule has 0 saturated carbocycles. The fourth-order valence-corrected chi connectivity index (χ4v) is 4.46. The molecule has 0 aliphatic heterocycles. The van der Waals surface area contributed by atoms with Crippen molar-refractivity contribution in [3.05, 3.63) is 138 Å². The van der Waals surface area contributed by atoms with Crippen LogP contribution in [0.4, 0.5) is 0 Å². The summed E-state index contributed by atoms with van der Waals surface area (Å²) in [7, 11) is 0. The number of benzene rings is 5. The van der Waals surface area contributed by atoms with Crippen LogP contribution in [-0.4, -0.2) is 15.0 Å². The van der Waals surface area contributed by atoms with Crippen molar-refractivity contribution in [1.82, 2.24) is 15.0 Å². The molecule has 0 amide bonds. The summed E-state index contributed by atoms with van der Waals surface area (Å²) in [6, 6.07) is 44.8.